The lowest BCUT2D eigenvalue weighted by Crippen LogP contribution is -1.98. The van der Waals surface area contributed by atoms with Gasteiger partial charge in [-0.2, -0.15) is 0 Å². The summed E-state index contributed by atoms with van der Waals surface area (Å²) in [5, 5.41) is 18.2. The van der Waals surface area contributed by atoms with E-state index in [0.717, 1.165) is 22.3 Å². The number of hydrogen-bond donors (Lipinski definition) is 2. The molecule has 0 aromatic heterocycles. The van der Waals surface area contributed by atoms with Gasteiger partial charge in [-0.3, -0.25) is 0 Å². The van der Waals surface area contributed by atoms with E-state index < -0.39 is 11.9 Å². The summed E-state index contributed by atoms with van der Waals surface area (Å²) in [6.07, 6.45) is 1.99. The maximum atomic E-state index is 11.1. The van der Waals surface area contributed by atoms with Crippen molar-refractivity contribution in [3.05, 3.63) is 107 Å². The van der Waals surface area contributed by atoms with Crippen LogP contribution < -0.4 is 0 Å². The van der Waals surface area contributed by atoms with Crippen molar-refractivity contribution < 1.29 is 19.8 Å². The SMILES string of the molecule is O=C(O)c1ccc(C(=Cc2ccccc2)c2ccc(C(=O)O)cc2)cc1. The first kappa shape index (κ1) is 17.2. The molecule has 3 aromatic rings. The van der Waals surface area contributed by atoms with E-state index in [9.17, 15) is 9.59 Å². The second-order valence-corrected chi connectivity index (χ2v) is 5.73. The predicted molar refractivity (Wildman–Crippen MR) is 100 cm³/mol. The zero-order valence-corrected chi connectivity index (χ0v) is 13.8. The van der Waals surface area contributed by atoms with Gasteiger partial charge in [-0.15, -0.1) is 0 Å². The molecular weight excluding hydrogens is 328 g/mol. The summed E-state index contributed by atoms with van der Waals surface area (Å²) >= 11 is 0. The molecule has 0 radical (unpaired) electrons. The van der Waals surface area contributed by atoms with Gasteiger partial charge in [0.1, 0.15) is 0 Å². The molecule has 0 aliphatic heterocycles. The minimum atomic E-state index is -0.976. The average Bonchev–Trinajstić information content (AvgIpc) is 2.67. The third-order valence-electron chi connectivity index (χ3n) is 4.00. The number of hydrogen-bond acceptors (Lipinski definition) is 2. The van der Waals surface area contributed by atoms with Crippen molar-refractivity contribution in [2.45, 2.75) is 0 Å². The predicted octanol–water partition coefficient (Wildman–Crippen LogP) is 4.67. The molecule has 2 N–H and O–H groups in total. The molecular formula is C22H16O4. The second kappa shape index (κ2) is 7.49. The lowest BCUT2D eigenvalue weighted by atomic mass is 9.94. The van der Waals surface area contributed by atoms with E-state index in [0.29, 0.717) is 0 Å². The largest absolute Gasteiger partial charge is 0.478 e. The van der Waals surface area contributed by atoms with Crippen LogP contribution in [0.5, 0.6) is 0 Å². The lowest BCUT2D eigenvalue weighted by Gasteiger charge is -2.10. The van der Waals surface area contributed by atoms with Crippen molar-refractivity contribution in [1.82, 2.24) is 0 Å². The Morgan fingerprint density at radius 2 is 0.962 bits per heavy atom. The molecule has 128 valence electrons. The first-order valence-corrected chi connectivity index (χ1v) is 7.99. The van der Waals surface area contributed by atoms with Gasteiger partial charge in [0.25, 0.3) is 0 Å². The van der Waals surface area contributed by atoms with Gasteiger partial charge in [-0.25, -0.2) is 9.59 Å². The van der Waals surface area contributed by atoms with E-state index in [4.69, 9.17) is 10.2 Å². The van der Waals surface area contributed by atoms with E-state index in [-0.39, 0.29) is 11.1 Å². The first-order chi connectivity index (χ1) is 12.5. The van der Waals surface area contributed by atoms with Crippen molar-refractivity contribution in [2.75, 3.05) is 0 Å². The zero-order chi connectivity index (χ0) is 18.5. The Bertz CT molecular complexity index is 894. The highest BCUT2D eigenvalue weighted by atomic mass is 16.4. The summed E-state index contributed by atoms with van der Waals surface area (Å²) in [7, 11) is 0. The molecule has 0 heterocycles. The van der Waals surface area contributed by atoms with Crippen LogP contribution in [0.1, 0.15) is 37.4 Å². The molecule has 0 amide bonds. The number of carbonyl (C=O) groups is 2. The molecule has 3 rings (SSSR count). The van der Waals surface area contributed by atoms with E-state index in [1.807, 2.05) is 36.4 Å². The highest BCUT2D eigenvalue weighted by Gasteiger charge is 2.09. The van der Waals surface area contributed by atoms with E-state index in [1.165, 1.54) is 0 Å². The van der Waals surface area contributed by atoms with Crippen molar-refractivity contribution in [3.8, 4) is 0 Å². The van der Waals surface area contributed by atoms with Gasteiger partial charge >= 0.3 is 11.9 Å². The lowest BCUT2D eigenvalue weighted by molar-refractivity contribution is 0.0686. The van der Waals surface area contributed by atoms with Crippen molar-refractivity contribution in [1.29, 1.82) is 0 Å². The second-order valence-electron chi connectivity index (χ2n) is 5.73. The van der Waals surface area contributed by atoms with Crippen molar-refractivity contribution in [2.24, 2.45) is 0 Å². The summed E-state index contributed by atoms with van der Waals surface area (Å²) in [6, 6.07) is 23.0. The first-order valence-electron chi connectivity index (χ1n) is 7.99. The molecule has 3 aromatic carbocycles. The highest BCUT2D eigenvalue weighted by molar-refractivity contribution is 5.94. The number of benzene rings is 3. The standard InChI is InChI=1S/C22H16O4/c23-21(24)18-10-6-16(7-11-18)20(14-15-4-2-1-3-5-15)17-8-12-19(13-9-17)22(25)26/h1-14H,(H,23,24)(H,25,26). The minimum Gasteiger partial charge on any atom is -0.478 e. The normalized spacial score (nSPS) is 10.2. The van der Waals surface area contributed by atoms with Crippen molar-refractivity contribution >= 4 is 23.6 Å². The molecule has 0 bridgehead atoms. The van der Waals surface area contributed by atoms with Crippen LogP contribution in [0.15, 0.2) is 78.9 Å². The Balaban J connectivity index is 2.08. The highest BCUT2D eigenvalue weighted by Crippen LogP contribution is 2.27. The molecule has 0 saturated carbocycles. The smallest absolute Gasteiger partial charge is 0.335 e. The minimum absolute atomic E-state index is 0.217. The molecule has 26 heavy (non-hydrogen) atoms. The monoisotopic (exact) mass is 344 g/mol. The molecule has 4 heteroatoms. The molecule has 0 aliphatic carbocycles. The van der Waals surface area contributed by atoms with Gasteiger partial charge in [0, 0.05) is 0 Å². The number of aromatic carboxylic acids is 2. The molecule has 0 saturated heterocycles. The molecule has 0 unspecified atom stereocenters. The van der Waals surface area contributed by atoms with Gasteiger partial charge in [-0.05, 0) is 52.6 Å². The van der Waals surface area contributed by atoms with Crippen molar-refractivity contribution in [3.63, 3.8) is 0 Å². The topological polar surface area (TPSA) is 74.6 Å². The number of rotatable bonds is 5. The molecule has 4 nitrogen and oxygen atoms in total. The maximum Gasteiger partial charge on any atom is 0.335 e. The fraction of sp³-hybridized carbons (Fsp3) is 0. The molecule has 0 atom stereocenters. The van der Waals surface area contributed by atoms with Gasteiger partial charge in [0.2, 0.25) is 0 Å². The summed E-state index contributed by atoms with van der Waals surface area (Å²) in [4.78, 5) is 22.1. The van der Waals surface area contributed by atoms with Gasteiger partial charge in [-0.1, -0.05) is 54.6 Å². The Kier molecular flexibility index (Phi) is 4.94. The molecule has 0 aliphatic rings. The summed E-state index contributed by atoms with van der Waals surface area (Å²) in [5.41, 5.74) is 4.00. The van der Waals surface area contributed by atoms with E-state index >= 15 is 0 Å². The van der Waals surface area contributed by atoms with Crippen LogP contribution in [0.3, 0.4) is 0 Å². The van der Waals surface area contributed by atoms with Gasteiger partial charge < -0.3 is 10.2 Å². The van der Waals surface area contributed by atoms with E-state index in [1.54, 1.807) is 48.5 Å². The van der Waals surface area contributed by atoms with Gasteiger partial charge in [0.05, 0.1) is 11.1 Å². The van der Waals surface area contributed by atoms with Crippen LogP contribution in [0, 0.1) is 0 Å². The fourth-order valence-electron chi connectivity index (χ4n) is 2.63. The number of carboxylic acid groups (broad SMARTS) is 2. The zero-order valence-electron chi connectivity index (χ0n) is 13.8. The van der Waals surface area contributed by atoms with E-state index in [2.05, 4.69) is 0 Å². The third-order valence-corrected chi connectivity index (χ3v) is 4.00. The van der Waals surface area contributed by atoms with Crippen LogP contribution in [0.2, 0.25) is 0 Å². The average molecular weight is 344 g/mol. The van der Waals surface area contributed by atoms with Crippen LogP contribution in [0.25, 0.3) is 11.6 Å². The fourth-order valence-corrected chi connectivity index (χ4v) is 2.63. The summed E-state index contributed by atoms with van der Waals surface area (Å²) < 4.78 is 0. The van der Waals surface area contributed by atoms with Crippen LogP contribution >= 0.6 is 0 Å². The Morgan fingerprint density at radius 3 is 1.35 bits per heavy atom. The van der Waals surface area contributed by atoms with Crippen LogP contribution in [-0.4, -0.2) is 22.2 Å². The summed E-state index contributed by atoms with van der Waals surface area (Å²) in [6.45, 7) is 0. The van der Waals surface area contributed by atoms with Gasteiger partial charge in [0.15, 0.2) is 0 Å². The molecule has 0 fully saturated rings. The Hall–Kier alpha value is -3.66. The maximum absolute atomic E-state index is 11.1. The Labute approximate surface area is 150 Å². The van der Waals surface area contributed by atoms with Crippen LogP contribution in [-0.2, 0) is 0 Å². The molecule has 0 spiro atoms. The third kappa shape index (κ3) is 3.87. The number of carboxylic acids is 2. The Morgan fingerprint density at radius 1 is 0.577 bits per heavy atom. The summed E-state index contributed by atoms with van der Waals surface area (Å²) in [5.74, 6) is -1.95. The van der Waals surface area contributed by atoms with Crippen LogP contribution in [0.4, 0.5) is 0 Å². The quantitative estimate of drug-likeness (QED) is 0.660.